The van der Waals surface area contributed by atoms with Crippen LogP contribution >= 0.6 is 0 Å². The summed E-state index contributed by atoms with van der Waals surface area (Å²) in [6, 6.07) is 0. The summed E-state index contributed by atoms with van der Waals surface area (Å²) in [5.74, 6) is 2.35. The van der Waals surface area contributed by atoms with Crippen LogP contribution in [0.5, 0.6) is 0 Å². The number of aromatic nitrogens is 5. The van der Waals surface area contributed by atoms with Crippen molar-refractivity contribution in [1.29, 1.82) is 0 Å². The van der Waals surface area contributed by atoms with Gasteiger partial charge in [-0.1, -0.05) is 0 Å². The summed E-state index contributed by atoms with van der Waals surface area (Å²) >= 11 is 0. The number of nitrogens with zero attached hydrogens (tertiary/aromatic N) is 7. The number of hydrogen-bond acceptors (Lipinski definition) is 6. The van der Waals surface area contributed by atoms with Crippen molar-refractivity contribution in [2.24, 2.45) is 5.92 Å². The zero-order chi connectivity index (χ0) is 20.0. The Hall–Kier alpha value is -2.84. The van der Waals surface area contributed by atoms with Crippen LogP contribution in [0.1, 0.15) is 59.4 Å². The molecule has 0 N–H and O–H groups in total. The quantitative estimate of drug-likeness (QED) is 0.773. The van der Waals surface area contributed by atoms with Gasteiger partial charge in [0.25, 0.3) is 5.91 Å². The molecule has 0 spiro atoms. The van der Waals surface area contributed by atoms with Gasteiger partial charge in [0.15, 0.2) is 5.82 Å². The smallest absolute Gasteiger partial charge is 0.274 e. The number of amides is 2. The molecule has 2 aliphatic heterocycles. The van der Waals surface area contributed by atoms with Crippen LogP contribution in [-0.4, -0.2) is 66.0 Å². The third kappa shape index (κ3) is 3.49. The lowest BCUT2D eigenvalue weighted by Crippen LogP contribution is -2.42. The summed E-state index contributed by atoms with van der Waals surface area (Å²) in [4.78, 5) is 37.4. The van der Waals surface area contributed by atoms with E-state index in [0.29, 0.717) is 25.3 Å². The fourth-order valence-corrected chi connectivity index (χ4v) is 4.30. The van der Waals surface area contributed by atoms with Gasteiger partial charge < -0.3 is 14.4 Å². The fraction of sp³-hybridized carbons (Fsp3) is 0.600. The average molecular weight is 395 g/mol. The molecule has 1 saturated carbocycles. The first-order valence-electron chi connectivity index (χ1n) is 10.4. The summed E-state index contributed by atoms with van der Waals surface area (Å²) in [6.45, 7) is 5.15. The van der Waals surface area contributed by atoms with Gasteiger partial charge in [-0.2, -0.15) is 0 Å². The Morgan fingerprint density at radius 2 is 1.86 bits per heavy atom. The second kappa shape index (κ2) is 7.20. The van der Waals surface area contributed by atoms with Crippen molar-refractivity contribution in [3.8, 4) is 0 Å². The second-order valence-electron chi connectivity index (χ2n) is 8.29. The maximum absolute atomic E-state index is 12.8. The average Bonchev–Trinajstić information content (AvgIpc) is 3.52. The van der Waals surface area contributed by atoms with Crippen molar-refractivity contribution < 1.29 is 9.59 Å². The number of aryl methyl sites for hydroxylation is 1. The first kappa shape index (κ1) is 18.2. The highest BCUT2D eigenvalue weighted by Crippen LogP contribution is 2.33. The molecule has 2 amide bonds. The molecular formula is C20H25N7O2. The number of likely N-dealkylation sites (tertiary alicyclic amines) is 1. The predicted octanol–water partition coefficient (Wildman–Crippen LogP) is 1.15. The van der Waals surface area contributed by atoms with Gasteiger partial charge in [0.1, 0.15) is 11.5 Å². The minimum absolute atomic E-state index is 0.0817. The van der Waals surface area contributed by atoms with E-state index in [1.165, 1.54) is 0 Å². The molecule has 1 atom stereocenters. The van der Waals surface area contributed by atoms with Crippen LogP contribution in [0.3, 0.4) is 0 Å². The second-order valence-corrected chi connectivity index (χ2v) is 8.29. The largest absolute Gasteiger partial charge is 0.337 e. The van der Waals surface area contributed by atoms with Crippen LogP contribution in [0.15, 0.2) is 12.4 Å². The number of fused-ring (bicyclic) bond motifs is 1. The molecule has 1 saturated heterocycles. The van der Waals surface area contributed by atoms with Crippen LogP contribution in [-0.2, 0) is 17.9 Å². The van der Waals surface area contributed by atoms with Crippen LogP contribution in [0.4, 0.5) is 0 Å². The highest BCUT2D eigenvalue weighted by atomic mass is 16.2. The molecule has 152 valence electrons. The molecule has 0 aromatic carbocycles. The zero-order valence-electron chi connectivity index (χ0n) is 16.6. The van der Waals surface area contributed by atoms with Crippen molar-refractivity contribution in [2.75, 3.05) is 19.6 Å². The molecule has 2 aromatic heterocycles. The maximum Gasteiger partial charge on any atom is 0.274 e. The molecular weight excluding hydrogens is 370 g/mol. The number of rotatable bonds is 3. The zero-order valence-corrected chi connectivity index (χ0v) is 16.6. The van der Waals surface area contributed by atoms with Gasteiger partial charge in [-0.15, -0.1) is 10.2 Å². The molecule has 4 heterocycles. The van der Waals surface area contributed by atoms with Crippen LogP contribution in [0.25, 0.3) is 0 Å². The molecule has 9 nitrogen and oxygen atoms in total. The Morgan fingerprint density at radius 1 is 1.00 bits per heavy atom. The van der Waals surface area contributed by atoms with Crippen LogP contribution in [0, 0.1) is 12.8 Å². The third-order valence-electron chi connectivity index (χ3n) is 6.09. The molecule has 2 fully saturated rings. The monoisotopic (exact) mass is 395 g/mol. The first-order chi connectivity index (χ1) is 14.1. The number of carbonyl (C=O) groups excluding carboxylic acids is 2. The Kier molecular flexibility index (Phi) is 4.52. The molecule has 29 heavy (non-hydrogen) atoms. The standard InChI is InChI=1S/C20H25N7O2/c1-13-9-22-16(10-21-13)20(29)25-6-2-3-15(11-25)18-24-23-17-12-26(7-8-27(17)18)19(28)14-4-5-14/h9-10,14-15H,2-8,11-12H2,1H3. The molecule has 0 bridgehead atoms. The molecule has 0 radical (unpaired) electrons. The van der Waals surface area contributed by atoms with Gasteiger partial charge in [-0.05, 0) is 32.6 Å². The van der Waals surface area contributed by atoms with Gasteiger partial charge in [0.05, 0.1) is 18.4 Å². The highest BCUT2D eigenvalue weighted by Gasteiger charge is 2.36. The van der Waals surface area contributed by atoms with E-state index >= 15 is 0 Å². The van der Waals surface area contributed by atoms with Crippen molar-refractivity contribution in [3.05, 3.63) is 35.4 Å². The van der Waals surface area contributed by atoms with E-state index in [1.807, 2.05) is 16.7 Å². The van der Waals surface area contributed by atoms with Crippen LogP contribution < -0.4 is 0 Å². The minimum atomic E-state index is -0.0817. The fourth-order valence-electron chi connectivity index (χ4n) is 4.30. The summed E-state index contributed by atoms with van der Waals surface area (Å²) in [5.41, 5.74) is 1.18. The van der Waals surface area contributed by atoms with Crippen molar-refractivity contribution in [2.45, 2.75) is 51.6 Å². The SMILES string of the molecule is Cc1cnc(C(=O)N2CCCC(c3nnc4n3CCN(C(=O)C3CC3)C4)C2)cn1. The molecule has 1 aliphatic carbocycles. The lowest BCUT2D eigenvalue weighted by Gasteiger charge is -2.33. The topological polar surface area (TPSA) is 97.1 Å². The van der Waals surface area contributed by atoms with Gasteiger partial charge in [-0.25, -0.2) is 4.98 Å². The first-order valence-corrected chi connectivity index (χ1v) is 10.4. The molecule has 2 aromatic rings. The van der Waals surface area contributed by atoms with E-state index in [4.69, 9.17) is 0 Å². The molecule has 9 heteroatoms. The van der Waals surface area contributed by atoms with Crippen molar-refractivity contribution >= 4 is 11.8 Å². The predicted molar refractivity (Wildman–Crippen MR) is 103 cm³/mol. The Morgan fingerprint density at radius 3 is 2.62 bits per heavy atom. The van der Waals surface area contributed by atoms with Gasteiger partial charge in [0.2, 0.25) is 5.91 Å². The van der Waals surface area contributed by atoms with E-state index < -0.39 is 0 Å². The summed E-state index contributed by atoms with van der Waals surface area (Å²) < 4.78 is 2.15. The van der Waals surface area contributed by atoms with E-state index in [1.54, 1.807) is 12.4 Å². The molecule has 1 unspecified atom stereocenters. The number of piperidine rings is 1. The van der Waals surface area contributed by atoms with E-state index in [9.17, 15) is 9.59 Å². The lowest BCUT2D eigenvalue weighted by molar-refractivity contribution is -0.134. The van der Waals surface area contributed by atoms with Crippen molar-refractivity contribution in [1.82, 2.24) is 34.5 Å². The van der Waals surface area contributed by atoms with E-state index in [0.717, 1.165) is 56.1 Å². The van der Waals surface area contributed by atoms with Gasteiger partial charge >= 0.3 is 0 Å². The Balaban J connectivity index is 1.30. The van der Waals surface area contributed by atoms with Gasteiger partial charge in [-0.3, -0.25) is 14.6 Å². The number of hydrogen-bond donors (Lipinski definition) is 0. The summed E-state index contributed by atoms with van der Waals surface area (Å²) in [7, 11) is 0. The summed E-state index contributed by atoms with van der Waals surface area (Å²) in [6.07, 6.45) is 7.11. The normalized spacial score (nSPS) is 21.8. The van der Waals surface area contributed by atoms with Crippen molar-refractivity contribution in [3.63, 3.8) is 0 Å². The van der Waals surface area contributed by atoms with Crippen LogP contribution in [0.2, 0.25) is 0 Å². The molecule has 3 aliphatic rings. The van der Waals surface area contributed by atoms with Gasteiger partial charge in [0, 0.05) is 44.2 Å². The number of carbonyl (C=O) groups is 2. The van der Waals surface area contributed by atoms with E-state index in [-0.39, 0.29) is 23.7 Å². The Bertz CT molecular complexity index is 935. The summed E-state index contributed by atoms with van der Waals surface area (Å²) in [5, 5.41) is 8.84. The maximum atomic E-state index is 12.8. The minimum Gasteiger partial charge on any atom is -0.337 e. The highest BCUT2D eigenvalue weighted by molar-refractivity contribution is 5.92. The van der Waals surface area contributed by atoms with E-state index in [2.05, 4.69) is 24.7 Å². The lowest BCUT2D eigenvalue weighted by atomic mass is 9.96. The third-order valence-corrected chi connectivity index (χ3v) is 6.09. The molecule has 5 rings (SSSR count). The Labute approximate surface area is 169 Å².